The molecule has 5 heteroatoms. The van der Waals surface area contributed by atoms with Gasteiger partial charge in [0.1, 0.15) is 0 Å². The van der Waals surface area contributed by atoms with Gasteiger partial charge in [-0.1, -0.05) is 6.07 Å². The fourth-order valence-corrected chi connectivity index (χ4v) is 3.03. The number of nitrogens with one attached hydrogen (secondary N) is 2. The summed E-state index contributed by atoms with van der Waals surface area (Å²) in [6.45, 7) is 6.54. The second-order valence-electron chi connectivity index (χ2n) is 5.25. The fourth-order valence-electron chi connectivity index (χ4n) is 2.01. The van der Waals surface area contributed by atoms with Crippen LogP contribution in [0.5, 0.6) is 0 Å². The van der Waals surface area contributed by atoms with E-state index in [-0.39, 0.29) is 12.1 Å². The van der Waals surface area contributed by atoms with Gasteiger partial charge in [0, 0.05) is 40.7 Å². The van der Waals surface area contributed by atoms with Crippen molar-refractivity contribution in [1.82, 2.24) is 15.6 Å². The molecule has 2 heterocycles. The predicted molar refractivity (Wildman–Crippen MR) is 86.6 cm³/mol. The average Bonchev–Trinajstić information content (AvgIpc) is 2.83. The van der Waals surface area contributed by atoms with Crippen molar-refractivity contribution in [2.45, 2.75) is 39.8 Å². The smallest absolute Gasteiger partial charge is 0.315 e. The average molecular weight is 303 g/mol. The lowest BCUT2D eigenvalue weighted by atomic mass is 10.2. The molecule has 0 aliphatic heterocycles. The van der Waals surface area contributed by atoms with Crippen LogP contribution in [-0.4, -0.2) is 17.1 Å². The Labute approximate surface area is 129 Å². The molecule has 0 bridgehead atoms. The molecule has 2 aromatic rings. The zero-order valence-electron chi connectivity index (χ0n) is 12.6. The number of carbonyl (C=O) groups excluding carboxylic acids is 1. The van der Waals surface area contributed by atoms with Gasteiger partial charge < -0.3 is 10.6 Å². The van der Waals surface area contributed by atoms with Gasteiger partial charge in [0.2, 0.25) is 0 Å². The van der Waals surface area contributed by atoms with Crippen LogP contribution >= 0.6 is 11.3 Å². The number of rotatable bonds is 5. The van der Waals surface area contributed by atoms with Gasteiger partial charge in [0.05, 0.1) is 0 Å². The van der Waals surface area contributed by atoms with Crippen molar-refractivity contribution in [2.75, 3.05) is 0 Å². The van der Waals surface area contributed by atoms with Crippen LogP contribution in [0.15, 0.2) is 30.5 Å². The molecule has 0 spiro atoms. The Morgan fingerprint density at radius 2 is 2.10 bits per heavy atom. The van der Waals surface area contributed by atoms with E-state index >= 15 is 0 Å². The molecule has 1 atom stereocenters. The summed E-state index contributed by atoms with van der Waals surface area (Å²) in [7, 11) is 0. The molecule has 0 aliphatic carbocycles. The SMILES string of the molecule is Cc1ccc(CNC(=O)NC(C)Cc2ccc(C)s2)cn1. The lowest BCUT2D eigenvalue weighted by molar-refractivity contribution is 0.237. The Morgan fingerprint density at radius 1 is 1.29 bits per heavy atom. The van der Waals surface area contributed by atoms with Gasteiger partial charge in [-0.25, -0.2) is 4.79 Å². The van der Waals surface area contributed by atoms with Gasteiger partial charge in [-0.15, -0.1) is 11.3 Å². The number of carbonyl (C=O) groups is 1. The van der Waals surface area contributed by atoms with Crippen molar-refractivity contribution in [2.24, 2.45) is 0 Å². The Morgan fingerprint density at radius 3 is 2.71 bits per heavy atom. The first-order valence-corrected chi connectivity index (χ1v) is 7.86. The van der Waals surface area contributed by atoms with Crippen LogP contribution in [0.2, 0.25) is 0 Å². The second-order valence-corrected chi connectivity index (χ2v) is 6.62. The number of thiophene rings is 1. The minimum atomic E-state index is -0.142. The van der Waals surface area contributed by atoms with Crippen LogP contribution in [0.25, 0.3) is 0 Å². The third-order valence-electron chi connectivity index (χ3n) is 3.11. The third-order valence-corrected chi connectivity index (χ3v) is 4.13. The number of nitrogens with zero attached hydrogens (tertiary/aromatic N) is 1. The largest absolute Gasteiger partial charge is 0.335 e. The van der Waals surface area contributed by atoms with Gasteiger partial charge in [-0.05, 0) is 44.5 Å². The molecule has 21 heavy (non-hydrogen) atoms. The number of pyridine rings is 1. The van der Waals surface area contributed by atoms with Gasteiger partial charge in [0.25, 0.3) is 0 Å². The molecule has 0 fully saturated rings. The molecule has 1 unspecified atom stereocenters. The van der Waals surface area contributed by atoms with Gasteiger partial charge in [0.15, 0.2) is 0 Å². The summed E-state index contributed by atoms with van der Waals surface area (Å²) in [5, 5.41) is 5.81. The first-order chi connectivity index (χ1) is 10.0. The van der Waals surface area contributed by atoms with E-state index in [1.807, 2.05) is 26.0 Å². The van der Waals surface area contributed by atoms with Crippen molar-refractivity contribution in [3.05, 3.63) is 51.5 Å². The van der Waals surface area contributed by atoms with Gasteiger partial charge >= 0.3 is 6.03 Å². The topological polar surface area (TPSA) is 54.0 Å². The summed E-state index contributed by atoms with van der Waals surface area (Å²) >= 11 is 1.77. The molecule has 2 rings (SSSR count). The highest BCUT2D eigenvalue weighted by molar-refractivity contribution is 7.11. The van der Waals surface area contributed by atoms with Crippen LogP contribution in [0.3, 0.4) is 0 Å². The molecule has 0 saturated carbocycles. The molecular formula is C16H21N3OS. The van der Waals surface area contributed by atoms with Gasteiger partial charge in [-0.2, -0.15) is 0 Å². The van der Waals surface area contributed by atoms with Crippen LogP contribution in [-0.2, 0) is 13.0 Å². The molecule has 112 valence electrons. The number of amides is 2. The molecule has 4 nitrogen and oxygen atoms in total. The Kier molecular flexibility index (Phi) is 5.33. The van der Waals surface area contributed by atoms with Crippen LogP contribution in [0.1, 0.15) is 27.9 Å². The number of hydrogen-bond donors (Lipinski definition) is 2. The molecule has 2 aromatic heterocycles. The van der Waals surface area contributed by atoms with E-state index in [4.69, 9.17) is 0 Å². The molecule has 0 saturated heterocycles. The molecule has 0 aromatic carbocycles. The van der Waals surface area contributed by atoms with Crippen molar-refractivity contribution in [1.29, 1.82) is 0 Å². The maximum atomic E-state index is 11.8. The number of aryl methyl sites for hydroxylation is 2. The zero-order chi connectivity index (χ0) is 15.2. The number of urea groups is 1. The van der Waals surface area contributed by atoms with Crippen LogP contribution < -0.4 is 10.6 Å². The van der Waals surface area contributed by atoms with Crippen molar-refractivity contribution in [3.8, 4) is 0 Å². The van der Waals surface area contributed by atoms with Crippen LogP contribution in [0, 0.1) is 13.8 Å². The first kappa shape index (κ1) is 15.5. The molecular weight excluding hydrogens is 282 g/mol. The summed E-state index contributed by atoms with van der Waals surface area (Å²) in [6, 6.07) is 8.11. The van der Waals surface area contributed by atoms with E-state index in [1.54, 1.807) is 17.5 Å². The first-order valence-electron chi connectivity index (χ1n) is 7.04. The number of aromatic nitrogens is 1. The minimum Gasteiger partial charge on any atom is -0.335 e. The summed E-state index contributed by atoms with van der Waals surface area (Å²) in [5.41, 5.74) is 1.97. The standard InChI is InChI=1S/C16H21N3OS/c1-11-4-6-14(9-17-11)10-18-16(20)19-12(2)8-15-7-5-13(3)21-15/h4-7,9,12H,8,10H2,1-3H3,(H2,18,19,20). The Hall–Kier alpha value is -1.88. The van der Waals surface area contributed by atoms with Crippen molar-refractivity contribution >= 4 is 17.4 Å². The summed E-state index contributed by atoms with van der Waals surface area (Å²) in [6.07, 6.45) is 2.64. The molecule has 0 radical (unpaired) electrons. The van der Waals surface area contributed by atoms with Crippen molar-refractivity contribution in [3.63, 3.8) is 0 Å². The van der Waals surface area contributed by atoms with E-state index in [1.165, 1.54) is 9.75 Å². The maximum absolute atomic E-state index is 11.8. The Bertz CT molecular complexity index is 592. The monoisotopic (exact) mass is 303 g/mol. The summed E-state index contributed by atoms with van der Waals surface area (Å²) in [4.78, 5) is 18.6. The number of hydrogen-bond acceptors (Lipinski definition) is 3. The summed E-state index contributed by atoms with van der Waals surface area (Å²) < 4.78 is 0. The highest BCUT2D eigenvalue weighted by atomic mass is 32.1. The minimum absolute atomic E-state index is 0.110. The highest BCUT2D eigenvalue weighted by Crippen LogP contribution is 2.16. The normalized spacial score (nSPS) is 12.0. The maximum Gasteiger partial charge on any atom is 0.315 e. The van der Waals surface area contributed by atoms with E-state index in [0.29, 0.717) is 6.54 Å². The molecule has 2 amide bonds. The molecule has 0 aliphatic rings. The highest BCUT2D eigenvalue weighted by Gasteiger charge is 2.09. The summed E-state index contributed by atoms with van der Waals surface area (Å²) in [5.74, 6) is 0. The van der Waals surface area contributed by atoms with E-state index in [0.717, 1.165) is 17.7 Å². The lowest BCUT2D eigenvalue weighted by Gasteiger charge is -2.14. The van der Waals surface area contributed by atoms with E-state index < -0.39 is 0 Å². The fraction of sp³-hybridized carbons (Fsp3) is 0.375. The van der Waals surface area contributed by atoms with E-state index in [9.17, 15) is 4.79 Å². The third kappa shape index (κ3) is 5.19. The second kappa shape index (κ2) is 7.22. The predicted octanol–water partition coefficient (Wildman–Crippen LogP) is 3.19. The van der Waals surface area contributed by atoms with Gasteiger partial charge in [-0.3, -0.25) is 4.98 Å². The zero-order valence-corrected chi connectivity index (χ0v) is 13.5. The van der Waals surface area contributed by atoms with Crippen LogP contribution in [0.4, 0.5) is 4.79 Å². The molecule has 2 N–H and O–H groups in total. The quantitative estimate of drug-likeness (QED) is 0.891. The Balaban J connectivity index is 1.74. The van der Waals surface area contributed by atoms with E-state index in [2.05, 4.69) is 34.7 Å². The lowest BCUT2D eigenvalue weighted by Crippen LogP contribution is -2.41. The van der Waals surface area contributed by atoms with Crippen molar-refractivity contribution < 1.29 is 4.79 Å².